The van der Waals surface area contributed by atoms with E-state index in [1.807, 2.05) is 11.0 Å². The van der Waals surface area contributed by atoms with E-state index in [4.69, 9.17) is 9.84 Å². The van der Waals surface area contributed by atoms with Crippen LogP contribution in [0.3, 0.4) is 0 Å². The van der Waals surface area contributed by atoms with Gasteiger partial charge >= 0.3 is 5.97 Å². The van der Waals surface area contributed by atoms with E-state index in [9.17, 15) is 9.18 Å². The van der Waals surface area contributed by atoms with Crippen molar-refractivity contribution in [2.45, 2.75) is 6.42 Å². The Bertz CT molecular complexity index is 705. The van der Waals surface area contributed by atoms with E-state index in [0.29, 0.717) is 25.0 Å². The number of methoxy groups -OCH3 is 1. The average molecular weight is 290 g/mol. The summed E-state index contributed by atoms with van der Waals surface area (Å²) in [4.78, 5) is 17.2. The molecule has 5 nitrogen and oxygen atoms in total. The van der Waals surface area contributed by atoms with Gasteiger partial charge in [0.05, 0.1) is 18.5 Å². The lowest BCUT2D eigenvalue weighted by Crippen LogP contribution is -2.22. The number of fused-ring (bicyclic) bond motifs is 1. The number of nitrogens with zero attached hydrogens (tertiary/aromatic N) is 2. The van der Waals surface area contributed by atoms with Crippen molar-refractivity contribution in [3.05, 3.63) is 30.2 Å². The van der Waals surface area contributed by atoms with Crippen LogP contribution in [0.1, 0.15) is 6.42 Å². The maximum Gasteiger partial charge on any atom is 0.308 e. The number of benzene rings is 1. The topological polar surface area (TPSA) is 62.7 Å². The summed E-state index contributed by atoms with van der Waals surface area (Å²) in [5, 5.41) is 9.87. The van der Waals surface area contributed by atoms with Gasteiger partial charge in [0.15, 0.2) is 11.6 Å². The molecule has 1 aliphatic heterocycles. The number of rotatable bonds is 3. The zero-order valence-electron chi connectivity index (χ0n) is 11.5. The summed E-state index contributed by atoms with van der Waals surface area (Å²) >= 11 is 0. The van der Waals surface area contributed by atoms with Crippen molar-refractivity contribution in [1.82, 2.24) is 4.98 Å². The monoisotopic (exact) mass is 290 g/mol. The van der Waals surface area contributed by atoms with Crippen molar-refractivity contribution in [3.8, 4) is 5.75 Å². The third kappa shape index (κ3) is 2.37. The minimum Gasteiger partial charge on any atom is -0.494 e. The lowest BCUT2D eigenvalue weighted by atomic mass is 10.1. The van der Waals surface area contributed by atoms with Gasteiger partial charge in [-0.25, -0.2) is 4.39 Å². The molecule has 3 rings (SSSR count). The van der Waals surface area contributed by atoms with Gasteiger partial charge in [-0.1, -0.05) is 0 Å². The molecule has 2 aromatic rings. The predicted octanol–water partition coefficient (Wildman–Crippen LogP) is 2.29. The molecule has 110 valence electrons. The summed E-state index contributed by atoms with van der Waals surface area (Å²) in [6, 6.07) is 4.77. The number of anilines is 1. The van der Waals surface area contributed by atoms with Crippen molar-refractivity contribution in [1.29, 1.82) is 0 Å². The molecule has 0 amide bonds. The number of halogens is 1. The van der Waals surface area contributed by atoms with Gasteiger partial charge in [0, 0.05) is 36.4 Å². The molecule has 1 aliphatic rings. The van der Waals surface area contributed by atoms with Crippen LogP contribution >= 0.6 is 0 Å². The summed E-state index contributed by atoms with van der Waals surface area (Å²) in [6.45, 7) is 1.11. The van der Waals surface area contributed by atoms with E-state index in [1.54, 1.807) is 12.3 Å². The molecule has 0 spiro atoms. The molecule has 0 radical (unpaired) electrons. The van der Waals surface area contributed by atoms with E-state index < -0.39 is 11.8 Å². The molecule has 1 unspecified atom stereocenters. The van der Waals surface area contributed by atoms with Crippen molar-refractivity contribution in [3.63, 3.8) is 0 Å². The predicted molar refractivity (Wildman–Crippen MR) is 76.2 cm³/mol. The van der Waals surface area contributed by atoms with Crippen LogP contribution in [-0.2, 0) is 4.79 Å². The molecule has 0 saturated carbocycles. The summed E-state index contributed by atoms with van der Waals surface area (Å²) < 4.78 is 18.8. The molecular formula is C15H15FN2O3. The fraction of sp³-hybridized carbons (Fsp3) is 0.333. The molecule has 1 saturated heterocycles. The fourth-order valence-electron chi connectivity index (χ4n) is 2.75. The zero-order chi connectivity index (χ0) is 15.0. The Hall–Kier alpha value is -2.37. The first-order valence-corrected chi connectivity index (χ1v) is 6.70. The van der Waals surface area contributed by atoms with Crippen LogP contribution in [0.25, 0.3) is 10.9 Å². The number of ether oxygens (including phenoxy) is 1. The van der Waals surface area contributed by atoms with Crippen LogP contribution in [0.4, 0.5) is 10.1 Å². The van der Waals surface area contributed by atoms with Crippen LogP contribution in [-0.4, -0.2) is 36.3 Å². The molecule has 6 heteroatoms. The van der Waals surface area contributed by atoms with Gasteiger partial charge in [-0.2, -0.15) is 0 Å². The van der Waals surface area contributed by atoms with Gasteiger partial charge in [-0.15, -0.1) is 0 Å². The number of carboxylic acids is 1. The molecule has 1 aromatic carbocycles. The molecule has 1 aromatic heterocycles. The summed E-state index contributed by atoms with van der Waals surface area (Å²) in [6.07, 6.45) is 2.22. The number of aromatic nitrogens is 1. The Morgan fingerprint density at radius 2 is 2.33 bits per heavy atom. The number of aliphatic carboxylic acids is 1. The van der Waals surface area contributed by atoms with E-state index in [0.717, 1.165) is 11.1 Å². The SMILES string of the molecule is COc1cc2c(N3CCC(C(=O)O)C3)ccnc2cc1F. The normalized spacial score (nSPS) is 18.2. The first-order valence-electron chi connectivity index (χ1n) is 6.70. The van der Waals surface area contributed by atoms with E-state index in [-0.39, 0.29) is 11.7 Å². The molecule has 0 bridgehead atoms. The number of pyridine rings is 1. The molecule has 21 heavy (non-hydrogen) atoms. The maximum atomic E-state index is 13.7. The second-order valence-electron chi connectivity index (χ2n) is 5.10. The van der Waals surface area contributed by atoms with Gasteiger partial charge in [0.25, 0.3) is 0 Å². The van der Waals surface area contributed by atoms with Crippen LogP contribution in [0.2, 0.25) is 0 Å². The smallest absolute Gasteiger partial charge is 0.308 e. The standard InChI is InChI=1S/C15H15FN2O3/c1-21-14-6-10-12(7-11(14)16)17-4-2-13(10)18-5-3-9(8-18)15(19)20/h2,4,6-7,9H,3,5,8H2,1H3,(H,19,20). The quantitative estimate of drug-likeness (QED) is 0.939. The third-order valence-corrected chi connectivity index (χ3v) is 3.87. The summed E-state index contributed by atoms with van der Waals surface area (Å²) in [5.41, 5.74) is 1.40. The first-order chi connectivity index (χ1) is 10.1. The van der Waals surface area contributed by atoms with Crippen LogP contribution < -0.4 is 9.64 Å². The van der Waals surface area contributed by atoms with Crippen molar-refractivity contribution >= 4 is 22.6 Å². The first kappa shape index (κ1) is 13.6. The van der Waals surface area contributed by atoms with Gasteiger partial charge in [0.2, 0.25) is 0 Å². The number of hydrogen-bond acceptors (Lipinski definition) is 4. The molecule has 1 N–H and O–H groups in total. The van der Waals surface area contributed by atoms with Gasteiger partial charge in [-0.3, -0.25) is 9.78 Å². The number of hydrogen-bond donors (Lipinski definition) is 1. The van der Waals surface area contributed by atoms with Crippen LogP contribution in [0.15, 0.2) is 24.4 Å². The largest absolute Gasteiger partial charge is 0.494 e. The van der Waals surface area contributed by atoms with E-state index >= 15 is 0 Å². The Labute approximate surface area is 121 Å². The maximum absolute atomic E-state index is 13.7. The number of carbonyl (C=O) groups is 1. The van der Waals surface area contributed by atoms with Crippen LogP contribution in [0, 0.1) is 11.7 Å². The Morgan fingerprint density at radius 3 is 3.00 bits per heavy atom. The second-order valence-corrected chi connectivity index (χ2v) is 5.10. The molecule has 1 fully saturated rings. The Balaban J connectivity index is 2.05. The lowest BCUT2D eigenvalue weighted by Gasteiger charge is -2.20. The third-order valence-electron chi connectivity index (χ3n) is 3.87. The van der Waals surface area contributed by atoms with Gasteiger partial charge in [-0.05, 0) is 18.6 Å². The van der Waals surface area contributed by atoms with Crippen molar-refractivity contribution in [2.75, 3.05) is 25.1 Å². The Morgan fingerprint density at radius 1 is 1.52 bits per heavy atom. The fourth-order valence-corrected chi connectivity index (χ4v) is 2.75. The highest BCUT2D eigenvalue weighted by Gasteiger charge is 2.29. The highest BCUT2D eigenvalue weighted by atomic mass is 19.1. The minimum atomic E-state index is -0.778. The van der Waals surface area contributed by atoms with Crippen molar-refractivity contribution < 1.29 is 19.0 Å². The highest BCUT2D eigenvalue weighted by molar-refractivity contribution is 5.93. The summed E-state index contributed by atoms with van der Waals surface area (Å²) in [5.74, 6) is -1.44. The molecule has 1 atom stereocenters. The minimum absolute atomic E-state index is 0.158. The van der Waals surface area contributed by atoms with E-state index in [1.165, 1.54) is 13.2 Å². The second kappa shape index (κ2) is 5.20. The number of carboxylic acid groups (broad SMARTS) is 1. The average Bonchev–Trinajstić information content (AvgIpc) is 2.95. The molecular weight excluding hydrogens is 275 g/mol. The van der Waals surface area contributed by atoms with Crippen molar-refractivity contribution in [2.24, 2.45) is 5.92 Å². The van der Waals surface area contributed by atoms with E-state index in [2.05, 4.69) is 4.98 Å². The zero-order valence-corrected chi connectivity index (χ0v) is 11.5. The van der Waals surface area contributed by atoms with Gasteiger partial charge in [0.1, 0.15) is 0 Å². The highest BCUT2D eigenvalue weighted by Crippen LogP contribution is 2.33. The molecule has 2 heterocycles. The molecule has 0 aliphatic carbocycles. The summed E-state index contributed by atoms with van der Waals surface area (Å²) in [7, 11) is 1.41. The van der Waals surface area contributed by atoms with Gasteiger partial charge < -0.3 is 14.7 Å². The Kier molecular flexibility index (Phi) is 3.37. The van der Waals surface area contributed by atoms with Crippen LogP contribution in [0.5, 0.6) is 5.75 Å². The lowest BCUT2D eigenvalue weighted by molar-refractivity contribution is -0.140.